The Hall–Kier alpha value is -4.16. The molecule has 12 heteroatoms. The number of pyridine rings is 1. The van der Waals surface area contributed by atoms with E-state index in [1.54, 1.807) is 18.5 Å². The highest BCUT2D eigenvalue weighted by molar-refractivity contribution is 5.91. The Balaban J connectivity index is 0.000000254. The minimum atomic E-state index is -4.86. The maximum Gasteiger partial charge on any atom is 0.470 e. The third-order valence-corrected chi connectivity index (χ3v) is 8.06. The van der Waals surface area contributed by atoms with Crippen LogP contribution in [-0.2, 0) is 19.1 Å². The molecule has 3 atom stereocenters. The van der Waals surface area contributed by atoms with Gasteiger partial charge in [0.05, 0.1) is 24.2 Å². The highest BCUT2D eigenvalue weighted by Crippen LogP contribution is 2.37. The number of amides is 3. The van der Waals surface area contributed by atoms with Crippen molar-refractivity contribution in [3.63, 3.8) is 0 Å². The summed E-state index contributed by atoms with van der Waals surface area (Å²) in [5, 5.41) is 13.1. The predicted octanol–water partition coefficient (Wildman–Crippen LogP) is 4.79. The number of nitrogens with one attached hydrogen (secondary N) is 1. The fourth-order valence-corrected chi connectivity index (χ4v) is 5.04. The van der Waals surface area contributed by atoms with Crippen LogP contribution in [0.2, 0.25) is 0 Å². The van der Waals surface area contributed by atoms with E-state index in [2.05, 4.69) is 49.6 Å². The number of benzene rings is 1. The summed E-state index contributed by atoms with van der Waals surface area (Å²) in [7, 11) is 0. The zero-order valence-electron chi connectivity index (χ0n) is 25.7. The molecule has 3 N–H and O–H groups in total. The zero-order chi connectivity index (χ0) is 33.3. The SMILES string of the molecule is C#Cc1cccc2cncc(C(C#N)NC=O)c12.CC1CN(C(=O)C[C@@H](C)OC2(C)CCC2)CC1(C)C.NC(=O)C(F)(F)F. The average molecular weight is 616 g/mol. The third kappa shape index (κ3) is 9.68. The molecule has 2 aliphatic rings. The Morgan fingerprint density at radius 1 is 1.30 bits per heavy atom. The molecule has 3 amide bonds. The van der Waals surface area contributed by atoms with Crippen LogP contribution in [0.5, 0.6) is 0 Å². The minimum absolute atomic E-state index is 0.0387. The highest BCUT2D eigenvalue weighted by atomic mass is 19.4. The van der Waals surface area contributed by atoms with Crippen LogP contribution in [-0.4, -0.2) is 59.1 Å². The standard InChI is InChI=1S/C16H29NO2.C14H9N3O.C2H2F3NO/c1-12-10-17(11-15(12,3)4)14(18)9-13(2)19-16(5)7-6-8-16;1-2-10-4-3-5-11-7-16-8-12(14(10)11)13(6-15)17-9-18;3-2(4,5)1(6)7/h12-13H,6-11H2,1-5H3;1,3-5,7-9,13H,(H,17,18);(H2,6,7)/t12?,13-;;/m1../s1. The van der Waals surface area contributed by atoms with Gasteiger partial charge in [-0.15, -0.1) is 6.42 Å². The van der Waals surface area contributed by atoms with Gasteiger partial charge in [-0.25, -0.2) is 0 Å². The Morgan fingerprint density at radius 3 is 2.39 bits per heavy atom. The van der Waals surface area contributed by atoms with Crippen LogP contribution in [0.4, 0.5) is 13.2 Å². The van der Waals surface area contributed by atoms with Crippen molar-refractivity contribution in [1.29, 1.82) is 5.26 Å². The smallest absolute Gasteiger partial charge is 0.372 e. The highest BCUT2D eigenvalue weighted by Gasteiger charge is 2.40. The molecule has 2 unspecified atom stereocenters. The number of nitrogens with two attached hydrogens (primary N) is 1. The van der Waals surface area contributed by atoms with Crippen molar-refractivity contribution in [3.8, 4) is 18.4 Å². The van der Waals surface area contributed by atoms with Crippen molar-refractivity contribution in [1.82, 2.24) is 15.2 Å². The number of hydrogen-bond donors (Lipinski definition) is 2. The normalized spacial score (nSPS) is 19.3. The van der Waals surface area contributed by atoms with Gasteiger partial charge in [-0.1, -0.05) is 38.8 Å². The number of aromatic nitrogens is 1. The van der Waals surface area contributed by atoms with Gasteiger partial charge in [0.2, 0.25) is 12.3 Å². The van der Waals surface area contributed by atoms with E-state index in [4.69, 9.17) is 21.2 Å². The first kappa shape index (κ1) is 36.0. The van der Waals surface area contributed by atoms with E-state index in [1.165, 1.54) is 6.42 Å². The van der Waals surface area contributed by atoms with E-state index in [9.17, 15) is 22.8 Å². The van der Waals surface area contributed by atoms with Gasteiger partial charge in [-0.2, -0.15) is 18.4 Å². The maximum absolute atomic E-state index is 12.3. The van der Waals surface area contributed by atoms with Crippen LogP contribution in [0.25, 0.3) is 10.8 Å². The molecule has 44 heavy (non-hydrogen) atoms. The molecule has 1 saturated carbocycles. The number of terminal acetylenes is 1. The summed E-state index contributed by atoms with van der Waals surface area (Å²) < 4.78 is 38.1. The molecule has 0 spiro atoms. The van der Waals surface area contributed by atoms with Gasteiger partial charge in [0, 0.05) is 47.4 Å². The molecule has 2 heterocycles. The van der Waals surface area contributed by atoms with Gasteiger partial charge in [-0.3, -0.25) is 19.4 Å². The summed E-state index contributed by atoms with van der Waals surface area (Å²) in [4.78, 5) is 38.0. The van der Waals surface area contributed by atoms with Crippen molar-refractivity contribution in [3.05, 3.63) is 41.7 Å². The first-order valence-electron chi connectivity index (χ1n) is 14.2. The first-order chi connectivity index (χ1) is 20.5. The Labute approximate surface area is 256 Å². The van der Waals surface area contributed by atoms with Crippen LogP contribution in [0, 0.1) is 35.0 Å². The molecule has 4 rings (SSSR count). The monoisotopic (exact) mass is 615 g/mol. The molecule has 0 bridgehead atoms. The van der Waals surface area contributed by atoms with Crippen molar-refractivity contribution in [2.75, 3.05) is 13.1 Å². The average Bonchev–Trinajstić information content (AvgIpc) is 3.22. The van der Waals surface area contributed by atoms with Crippen molar-refractivity contribution in [2.24, 2.45) is 17.1 Å². The number of carbonyl (C=O) groups is 3. The molecule has 1 aromatic carbocycles. The number of fused-ring (bicyclic) bond motifs is 1. The van der Waals surface area contributed by atoms with Crippen molar-refractivity contribution in [2.45, 2.75) is 84.2 Å². The molecular formula is C32H40F3N5O4. The van der Waals surface area contributed by atoms with Crippen LogP contribution in [0.15, 0.2) is 30.6 Å². The summed E-state index contributed by atoms with van der Waals surface area (Å²) in [6, 6.07) is 6.74. The quantitative estimate of drug-likeness (QED) is 0.339. The predicted molar refractivity (Wildman–Crippen MR) is 159 cm³/mol. The molecule has 1 aliphatic heterocycles. The van der Waals surface area contributed by atoms with E-state index < -0.39 is 18.1 Å². The van der Waals surface area contributed by atoms with E-state index in [-0.39, 0.29) is 23.0 Å². The summed E-state index contributed by atoms with van der Waals surface area (Å²) >= 11 is 0. The molecule has 1 aliphatic carbocycles. The number of nitriles is 1. The Bertz CT molecular complexity index is 1400. The first-order valence-corrected chi connectivity index (χ1v) is 14.2. The Morgan fingerprint density at radius 2 is 1.93 bits per heavy atom. The van der Waals surface area contributed by atoms with E-state index in [0.717, 1.165) is 36.7 Å². The van der Waals surface area contributed by atoms with Gasteiger partial charge >= 0.3 is 12.1 Å². The summed E-state index contributed by atoms with van der Waals surface area (Å²) in [5.41, 5.74) is 5.38. The number of halogens is 3. The van der Waals surface area contributed by atoms with E-state index >= 15 is 0 Å². The van der Waals surface area contributed by atoms with E-state index in [1.807, 2.05) is 30.0 Å². The van der Waals surface area contributed by atoms with Crippen LogP contribution >= 0.6 is 0 Å². The zero-order valence-corrected chi connectivity index (χ0v) is 25.7. The van der Waals surface area contributed by atoms with Gasteiger partial charge in [0.1, 0.15) is 6.04 Å². The molecule has 1 saturated heterocycles. The number of ether oxygens (including phenoxy) is 1. The lowest BCUT2D eigenvalue weighted by Gasteiger charge is -2.40. The van der Waals surface area contributed by atoms with Gasteiger partial charge in [0.25, 0.3) is 0 Å². The number of primary amides is 1. The summed E-state index contributed by atoms with van der Waals surface area (Å²) in [5.74, 6) is 1.16. The molecule has 2 aromatic rings. The number of nitrogens with zero attached hydrogens (tertiary/aromatic N) is 3. The maximum atomic E-state index is 12.3. The second kappa shape index (κ2) is 15.0. The van der Waals surface area contributed by atoms with Gasteiger partial charge in [0.15, 0.2) is 0 Å². The minimum Gasteiger partial charge on any atom is -0.372 e. The lowest BCUT2D eigenvalue weighted by molar-refractivity contribution is -0.169. The number of carbonyl (C=O) groups excluding carboxylic acids is 3. The Kier molecular flexibility index (Phi) is 12.3. The third-order valence-electron chi connectivity index (χ3n) is 8.06. The molecule has 0 radical (unpaired) electrons. The molecule has 238 valence electrons. The van der Waals surface area contributed by atoms with Crippen molar-refractivity contribution >= 4 is 29.0 Å². The van der Waals surface area contributed by atoms with Crippen molar-refractivity contribution < 1.29 is 32.3 Å². The molecule has 9 nitrogen and oxygen atoms in total. The number of alkyl halides is 3. The fourth-order valence-electron chi connectivity index (χ4n) is 5.04. The van der Waals surface area contributed by atoms with Crippen LogP contribution < -0.4 is 11.1 Å². The summed E-state index contributed by atoms with van der Waals surface area (Å²) in [6.07, 6.45) is 8.41. The second-order valence-corrected chi connectivity index (χ2v) is 12.1. The van der Waals surface area contributed by atoms with Crippen LogP contribution in [0.3, 0.4) is 0 Å². The topological polar surface area (TPSA) is 138 Å². The molecular weight excluding hydrogens is 575 g/mol. The lowest BCUT2D eigenvalue weighted by atomic mass is 9.81. The number of rotatable bonds is 7. The number of likely N-dealkylation sites (tertiary alicyclic amines) is 1. The molecule has 1 aromatic heterocycles. The second-order valence-electron chi connectivity index (χ2n) is 12.1. The molecule has 2 fully saturated rings. The lowest BCUT2D eigenvalue weighted by Crippen LogP contribution is -2.41. The van der Waals surface area contributed by atoms with Gasteiger partial charge < -0.3 is 20.7 Å². The largest absolute Gasteiger partial charge is 0.470 e. The van der Waals surface area contributed by atoms with Crippen LogP contribution in [0.1, 0.15) is 77.5 Å². The number of hydrogen-bond acceptors (Lipinski definition) is 6. The fraction of sp³-hybridized carbons (Fsp3) is 0.531. The summed E-state index contributed by atoms with van der Waals surface area (Å²) in [6.45, 7) is 12.7. The van der Waals surface area contributed by atoms with E-state index in [0.29, 0.717) is 29.9 Å². The van der Waals surface area contributed by atoms with Gasteiger partial charge in [-0.05, 0) is 50.5 Å².